The summed E-state index contributed by atoms with van der Waals surface area (Å²) in [7, 11) is 2.14. The zero-order chi connectivity index (χ0) is 14.8. The maximum atomic E-state index is 3.59. The predicted octanol–water partition coefficient (Wildman–Crippen LogP) is 4.90. The molecule has 0 saturated heterocycles. The van der Waals surface area contributed by atoms with Gasteiger partial charge in [0.2, 0.25) is 0 Å². The van der Waals surface area contributed by atoms with E-state index >= 15 is 0 Å². The third-order valence-electron chi connectivity index (χ3n) is 6.17. The minimum atomic E-state index is 0.547. The van der Waals surface area contributed by atoms with Crippen molar-refractivity contribution >= 4 is 0 Å². The van der Waals surface area contributed by atoms with Crippen LogP contribution in [-0.4, -0.2) is 7.05 Å². The van der Waals surface area contributed by atoms with Gasteiger partial charge in [0.25, 0.3) is 0 Å². The first kappa shape index (κ1) is 15.1. The van der Waals surface area contributed by atoms with Crippen LogP contribution in [0.2, 0.25) is 0 Å². The molecule has 0 spiro atoms. The fourth-order valence-electron chi connectivity index (χ4n) is 4.93. The van der Waals surface area contributed by atoms with Gasteiger partial charge >= 0.3 is 0 Å². The molecule has 1 aromatic carbocycles. The Morgan fingerprint density at radius 1 is 1.10 bits per heavy atom. The molecule has 2 aliphatic rings. The number of benzene rings is 1. The van der Waals surface area contributed by atoms with Crippen LogP contribution in [0.25, 0.3) is 0 Å². The third-order valence-corrected chi connectivity index (χ3v) is 6.17. The topological polar surface area (TPSA) is 12.0 Å². The third kappa shape index (κ3) is 3.04. The lowest BCUT2D eigenvalue weighted by Crippen LogP contribution is -2.22. The summed E-state index contributed by atoms with van der Waals surface area (Å²) < 4.78 is 0. The molecule has 0 aromatic heterocycles. The Hall–Kier alpha value is -0.820. The van der Waals surface area contributed by atoms with Crippen molar-refractivity contribution in [3.63, 3.8) is 0 Å². The number of hydrogen-bond acceptors (Lipinski definition) is 1. The minimum Gasteiger partial charge on any atom is -0.313 e. The lowest BCUT2D eigenvalue weighted by Gasteiger charge is -2.27. The zero-order valence-electron chi connectivity index (χ0n) is 14.0. The maximum absolute atomic E-state index is 3.59. The molecule has 0 radical (unpaired) electrons. The van der Waals surface area contributed by atoms with E-state index in [2.05, 4.69) is 44.4 Å². The molecule has 0 amide bonds. The summed E-state index contributed by atoms with van der Waals surface area (Å²) in [5.41, 5.74) is 4.58. The van der Waals surface area contributed by atoms with Crippen molar-refractivity contribution in [1.82, 2.24) is 5.32 Å². The monoisotopic (exact) mass is 285 g/mol. The van der Waals surface area contributed by atoms with Crippen LogP contribution < -0.4 is 5.32 Å². The summed E-state index contributed by atoms with van der Waals surface area (Å²) in [5.74, 6) is 3.06. The van der Waals surface area contributed by atoms with Crippen molar-refractivity contribution in [2.75, 3.05) is 7.05 Å². The van der Waals surface area contributed by atoms with E-state index in [0.717, 1.165) is 30.6 Å². The van der Waals surface area contributed by atoms with Gasteiger partial charge in [-0.3, -0.25) is 0 Å². The Labute approximate surface area is 130 Å². The molecular formula is C20H31N. The summed E-state index contributed by atoms with van der Waals surface area (Å²) in [6.45, 7) is 4.54. The number of nitrogens with one attached hydrogen (secondary N) is 1. The van der Waals surface area contributed by atoms with Gasteiger partial charge in [0, 0.05) is 6.04 Å². The molecular weight excluding hydrogens is 254 g/mol. The summed E-state index contributed by atoms with van der Waals surface area (Å²) >= 11 is 0. The van der Waals surface area contributed by atoms with Crippen molar-refractivity contribution < 1.29 is 0 Å². The average molecular weight is 285 g/mol. The van der Waals surface area contributed by atoms with Gasteiger partial charge in [-0.05, 0) is 80.0 Å². The lowest BCUT2D eigenvalue weighted by molar-refractivity contribution is 0.284. The Kier molecular flexibility index (Phi) is 4.69. The van der Waals surface area contributed by atoms with E-state index in [4.69, 9.17) is 0 Å². The van der Waals surface area contributed by atoms with Crippen LogP contribution in [0.1, 0.15) is 68.7 Å². The lowest BCUT2D eigenvalue weighted by atomic mass is 9.82. The molecule has 0 heterocycles. The van der Waals surface area contributed by atoms with Gasteiger partial charge in [0.15, 0.2) is 0 Å². The van der Waals surface area contributed by atoms with Crippen LogP contribution in [-0.2, 0) is 12.8 Å². The maximum Gasteiger partial charge on any atom is 0.0320 e. The molecule has 2 aliphatic carbocycles. The Morgan fingerprint density at radius 3 is 2.48 bits per heavy atom. The van der Waals surface area contributed by atoms with Crippen LogP contribution in [0.15, 0.2) is 18.2 Å². The number of aryl methyl sites for hydroxylation is 2. The second-order valence-corrected chi connectivity index (χ2v) is 7.25. The van der Waals surface area contributed by atoms with Crippen LogP contribution in [0, 0.1) is 17.8 Å². The Balaban J connectivity index is 1.73. The number of hydrogen-bond donors (Lipinski definition) is 1. The highest BCUT2D eigenvalue weighted by Gasteiger charge is 2.40. The van der Waals surface area contributed by atoms with Gasteiger partial charge in [-0.2, -0.15) is 0 Å². The predicted molar refractivity (Wildman–Crippen MR) is 90.6 cm³/mol. The van der Waals surface area contributed by atoms with Gasteiger partial charge in [0.1, 0.15) is 0 Å². The molecule has 2 fully saturated rings. The molecule has 1 aromatic rings. The second kappa shape index (κ2) is 6.52. The zero-order valence-corrected chi connectivity index (χ0v) is 14.0. The fourth-order valence-corrected chi connectivity index (χ4v) is 4.93. The molecule has 1 nitrogen and oxygen atoms in total. The van der Waals surface area contributed by atoms with Gasteiger partial charge in [-0.1, -0.05) is 38.5 Å². The first-order valence-electron chi connectivity index (χ1n) is 9.04. The average Bonchev–Trinajstić information content (AvgIpc) is 3.14. The number of rotatable bonds is 6. The van der Waals surface area contributed by atoms with E-state index in [9.17, 15) is 0 Å². The minimum absolute atomic E-state index is 0.547. The first-order chi connectivity index (χ1) is 10.2. The van der Waals surface area contributed by atoms with Crippen LogP contribution in [0.4, 0.5) is 0 Å². The molecule has 2 saturated carbocycles. The van der Waals surface area contributed by atoms with Crippen LogP contribution >= 0.6 is 0 Å². The van der Waals surface area contributed by atoms with E-state index < -0.39 is 0 Å². The standard InChI is InChI=1S/C20H31N/c1-4-15-8-9-18(12-16(15)5-2)20(21-3)13-19-11-14-6-7-17(19)10-14/h8-9,12,14,17,19-21H,4-7,10-11,13H2,1-3H3. The van der Waals surface area contributed by atoms with Crippen molar-refractivity contribution in [2.24, 2.45) is 17.8 Å². The van der Waals surface area contributed by atoms with Crippen molar-refractivity contribution in [3.8, 4) is 0 Å². The molecule has 21 heavy (non-hydrogen) atoms. The number of fused-ring (bicyclic) bond motifs is 2. The second-order valence-electron chi connectivity index (χ2n) is 7.25. The van der Waals surface area contributed by atoms with Crippen LogP contribution in [0.3, 0.4) is 0 Å². The van der Waals surface area contributed by atoms with Gasteiger partial charge < -0.3 is 5.32 Å². The fraction of sp³-hybridized carbons (Fsp3) is 0.700. The van der Waals surface area contributed by atoms with Gasteiger partial charge in [-0.25, -0.2) is 0 Å². The quantitative estimate of drug-likeness (QED) is 0.784. The van der Waals surface area contributed by atoms with Gasteiger partial charge in [-0.15, -0.1) is 0 Å². The van der Waals surface area contributed by atoms with E-state index in [1.807, 2.05) is 0 Å². The molecule has 2 bridgehead atoms. The van der Waals surface area contributed by atoms with E-state index in [1.54, 1.807) is 5.56 Å². The molecule has 1 N–H and O–H groups in total. The Morgan fingerprint density at radius 2 is 1.90 bits per heavy atom. The summed E-state index contributed by atoms with van der Waals surface area (Å²) in [6.07, 6.45) is 9.68. The van der Waals surface area contributed by atoms with E-state index in [-0.39, 0.29) is 0 Å². The molecule has 0 aliphatic heterocycles. The highest BCUT2D eigenvalue weighted by molar-refractivity contribution is 5.34. The normalized spacial score (nSPS) is 29.0. The Bertz CT molecular complexity index is 479. The van der Waals surface area contributed by atoms with Crippen molar-refractivity contribution in [1.29, 1.82) is 0 Å². The molecule has 3 rings (SSSR count). The highest BCUT2D eigenvalue weighted by atomic mass is 14.9. The summed E-state index contributed by atoms with van der Waals surface area (Å²) in [6, 6.07) is 7.74. The van der Waals surface area contributed by atoms with Crippen molar-refractivity contribution in [2.45, 2.75) is 64.8 Å². The molecule has 1 heteroatoms. The van der Waals surface area contributed by atoms with Crippen LogP contribution in [0.5, 0.6) is 0 Å². The SMILES string of the molecule is CCc1ccc(C(CC2CC3CCC2C3)NC)cc1CC. The molecule has 4 atom stereocenters. The largest absolute Gasteiger partial charge is 0.313 e. The molecule has 4 unspecified atom stereocenters. The van der Waals surface area contributed by atoms with E-state index in [1.165, 1.54) is 43.2 Å². The summed E-state index contributed by atoms with van der Waals surface area (Å²) in [5, 5.41) is 3.59. The summed E-state index contributed by atoms with van der Waals surface area (Å²) in [4.78, 5) is 0. The first-order valence-corrected chi connectivity index (χ1v) is 9.04. The molecule has 116 valence electrons. The van der Waals surface area contributed by atoms with Crippen molar-refractivity contribution in [3.05, 3.63) is 34.9 Å². The van der Waals surface area contributed by atoms with E-state index in [0.29, 0.717) is 6.04 Å². The van der Waals surface area contributed by atoms with Gasteiger partial charge in [0.05, 0.1) is 0 Å². The smallest absolute Gasteiger partial charge is 0.0320 e. The highest BCUT2D eigenvalue weighted by Crippen LogP contribution is 2.50.